The van der Waals surface area contributed by atoms with Gasteiger partial charge in [-0.1, -0.05) is 36.4 Å². The molecule has 0 bridgehead atoms. The molecule has 0 N–H and O–H groups in total. The molecule has 8 heteroatoms. The molecule has 2 unspecified atom stereocenters. The van der Waals surface area contributed by atoms with Crippen LogP contribution in [0.1, 0.15) is 22.3 Å². The number of hydrogen-bond acceptors (Lipinski definition) is 6. The van der Waals surface area contributed by atoms with Crippen LogP contribution in [0.15, 0.2) is 66.9 Å². The number of fused-ring (bicyclic) bond motifs is 1. The van der Waals surface area contributed by atoms with Crippen LogP contribution in [0.5, 0.6) is 0 Å². The topological polar surface area (TPSA) is 38.7 Å². The van der Waals surface area contributed by atoms with E-state index in [2.05, 4.69) is 102 Å². The fourth-order valence-corrected chi connectivity index (χ4v) is 7.69. The van der Waals surface area contributed by atoms with Crippen LogP contribution in [0.25, 0.3) is 52.9 Å². The highest BCUT2D eigenvalue weighted by Crippen LogP contribution is 2.42. The van der Waals surface area contributed by atoms with Crippen molar-refractivity contribution in [3.8, 4) is 41.9 Å². The third-order valence-electron chi connectivity index (χ3n) is 6.46. The number of pyridine rings is 1. The fraction of sp³-hybridized carbons (Fsp3) is 0.167. The Hall–Kier alpha value is -2.33. The van der Waals surface area contributed by atoms with Crippen molar-refractivity contribution in [2.24, 2.45) is 0 Å². The molecule has 3 nitrogen and oxygen atoms in total. The Labute approximate surface area is 243 Å². The van der Waals surface area contributed by atoms with E-state index in [1.807, 2.05) is 6.20 Å². The van der Waals surface area contributed by atoms with E-state index in [0.29, 0.717) is 0 Å². The summed E-state index contributed by atoms with van der Waals surface area (Å²) >= 11 is 4.82. The van der Waals surface area contributed by atoms with E-state index in [1.54, 1.807) is 29.3 Å². The molecular formula is C30H30N3P2S3+. The van der Waals surface area contributed by atoms with Crippen molar-refractivity contribution in [2.75, 3.05) is 6.66 Å². The molecule has 6 aromatic rings. The number of hydrogen-bond donors (Lipinski definition) is 0. The summed E-state index contributed by atoms with van der Waals surface area (Å²) in [7, 11) is 0.187. The minimum atomic E-state index is -1.97. The Balaban J connectivity index is 0.000000595. The molecule has 0 saturated carbocycles. The van der Waals surface area contributed by atoms with Gasteiger partial charge in [-0.15, -0.1) is 22.7 Å². The summed E-state index contributed by atoms with van der Waals surface area (Å²) in [6.45, 7) is 10.3. The highest BCUT2D eigenvalue weighted by atomic mass is 32.1. The van der Waals surface area contributed by atoms with Crippen molar-refractivity contribution >= 4 is 62.5 Å². The molecule has 0 aliphatic heterocycles. The zero-order chi connectivity index (χ0) is 28.6. The molecule has 2 aromatic carbocycles. The molecular weight excluding hydrogens is 561 g/mol. The molecule has 4 aromatic heterocycles. The van der Waals surface area contributed by atoms with E-state index in [4.69, 9.17) is 11.9 Å². The number of benzene rings is 2. The lowest BCUT2D eigenvalue weighted by Crippen LogP contribution is -1.87. The predicted molar refractivity (Wildman–Crippen MR) is 177 cm³/mol. The van der Waals surface area contributed by atoms with Crippen molar-refractivity contribution in [3.05, 3.63) is 89.1 Å². The Kier molecular flexibility index (Phi) is 7.68. The molecule has 192 valence electrons. The Morgan fingerprint density at radius 1 is 0.737 bits per heavy atom. The third kappa shape index (κ3) is 5.26. The molecule has 0 fully saturated rings. The van der Waals surface area contributed by atoms with Gasteiger partial charge in [-0.3, -0.25) is 4.98 Å². The van der Waals surface area contributed by atoms with Crippen LogP contribution in [0.4, 0.5) is 0 Å². The first kappa shape index (κ1) is 24.7. The van der Waals surface area contributed by atoms with Gasteiger partial charge in [0.2, 0.25) is 0 Å². The smallest absolute Gasteiger partial charge is 0.252 e. The van der Waals surface area contributed by atoms with Gasteiger partial charge in [-0.2, -0.15) is 8.75 Å². The highest BCUT2D eigenvalue weighted by Gasteiger charge is 2.19. The summed E-state index contributed by atoms with van der Waals surface area (Å²) in [6, 6.07) is 21.7. The first-order chi connectivity index (χ1) is 19.0. The SMILES string of the molecule is Cc1cccc(C)c1-c1ccc(-c2cnc(-c3ccc(-c4c(C)cccc4C)s3)c3nsnc23)s1.[2H][P+]([3H])(C)P. The summed E-state index contributed by atoms with van der Waals surface area (Å²) in [6.07, 6.45) is 1.97. The van der Waals surface area contributed by atoms with Crippen LogP contribution >= 0.6 is 51.5 Å². The van der Waals surface area contributed by atoms with Crippen LogP contribution in [0.3, 0.4) is 0 Å². The van der Waals surface area contributed by atoms with E-state index in [-0.39, 0.29) is 0 Å². The van der Waals surface area contributed by atoms with Crippen LogP contribution in [0.2, 0.25) is 0 Å². The molecule has 0 saturated heterocycles. The lowest BCUT2D eigenvalue weighted by molar-refractivity contribution is 1.36. The van der Waals surface area contributed by atoms with Crippen LogP contribution in [0, 0.1) is 27.7 Å². The number of aromatic nitrogens is 3. The summed E-state index contributed by atoms with van der Waals surface area (Å²) in [5.41, 5.74) is 11.6. The van der Waals surface area contributed by atoms with E-state index in [9.17, 15) is 0 Å². The fourth-order valence-electron chi connectivity index (χ4n) is 4.76. The first-order valence-corrected chi connectivity index (χ1v) is 17.5. The van der Waals surface area contributed by atoms with Gasteiger partial charge in [0.15, 0.2) is 0 Å². The maximum atomic E-state index is 6.68. The summed E-state index contributed by atoms with van der Waals surface area (Å²) in [5.74, 6) is 0. The Bertz CT molecular complexity index is 1650. The number of aryl methyl sites for hydroxylation is 4. The molecule has 6 rings (SSSR count). The average molecular weight is 594 g/mol. The molecule has 2 atom stereocenters. The number of nitrogens with zero attached hydrogens (tertiary/aromatic N) is 3. The minimum Gasteiger partial charge on any atom is -0.252 e. The molecule has 4 heterocycles. The average Bonchev–Trinajstić information content (AvgIpc) is 3.64. The zero-order valence-electron chi connectivity index (χ0n) is 23.9. The lowest BCUT2D eigenvalue weighted by atomic mass is 10.0. The second-order valence-corrected chi connectivity index (χ2v) is 13.9. The lowest BCUT2D eigenvalue weighted by Gasteiger charge is -2.07. The Morgan fingerprint density at radius 3 is 1.74 bits per heavy atom. The van der Waals surface area contributed by atoms with E-state index < -0.39 is 8.16 Å². The summed E-state index contributed by atoms with van der Waals surface area (Å²) in [4.78, 5) is 9.73. The minimum absolute atomic E-state index is 0.879. The van der Waals surface area contributed by atoms with E-state index >= 15 is 0 Å². The first-order valence-electron chi connectivity index (χ1n) is 13.1. The third-order valence-corrected chi connectivity index (χ3v) is 9.23. The number of thiophene rings is 2. The second-order valence-electron chi connectivity index (χ2n) is 9.10. The van der Waals surface area contributed by atoms with Gasteiger partial charge in [0.1, 0.15) is 16.7 Å². The van der Waals surface area contributed by atoms with Gasteiger partial charge in [0.25, 0.3) is 2.56 Å². The largest absolute Gasteiger partial charge is 0.267 e. The van der Waals surface area contributed by atoms with Gasteiger partial charge in [0.05, 0.1) is 16.6 Å². The van der Waals surface area contributed by atoms with Gasteiger partial charge in [-0.25, -0.2) is 0 Å². The summed E-state index contributed by atoms with van der Waals surface area (Å²) in [5, 5.41) is 0. The van der Waals surface area contributed by atoms with E-state index in [1.165, 1.54) is 59.7 Å². The standard InChI is InChI=1S/C29H23N3S3.CH6P2/c1-16-7-5-8-17(2)25(16)22-12-11-21(33-22)20-15-30-28(29-27(20)31-35-32-29)24-14-13-23(34-24)26-18(3)9-6-10-19(26)4;1-3-2/h5-15H,1-4H3;3H,2H2,1H3/p+1/i;3T/hD. The highest BCUT2D eigenvalue weighted by molar-refractivity contribution is 8.02. The van der Waals surface area contributed by atoms with Crippen LogP contribution < -0.4 is 0 Å². The van der Waals surface area contributed by atoms with Crippen molar-refractivity contribution in [3.63, 3.8) is 0 Å². The monoisotopic (exact) mass is 593 g/mol. The molecule has 0 spiro atoms. The predicted octanol–water partition coefficient (Wildman–Crippen LogP) is 9.93. The molecule has 0 aliphatic carbocycles. The van der Waals surface area contributed by atoms with Crippen molar-refractivity contribution in [2.45, 2.75) is 27.7 Å². The van der Waals surface area contributed by atoms with Gasteiger partial charge < -0.3 is 0 Å². The van der Waals surface area contributed by atoms with Gasteiger partial charge in [0, 0.05) is 42.0 Å². The molecule has 0 radical (unpaired) electrons. The molecule has 38 heavy (non-hydrogen) atoms. The summed E-state index contributed by atoms with van der Waals surface area (Å²) < 4.78 is 22.7. The molecule has 0 aliphatic rings. The normalized spacial score (nSPS) is 13.4. The van der Waals surface area contributed by atoms with Crippen LogP contribution in [-0.4, -0.2) is 23.0 Å². The van der Waals surface area contributed by atoms with Crippen molar-refractivity contribution < 1.29 is 0 Å². The van der Waals surface area contributed by atoms with Crippen molar-refractivity contribution in [1.82, 2.24) is 13.7 Å². The maximum Gasteiger partial charge on any atom is 0.267 e. The van der Waals surface area contributed by atoms with Gasteiger partial charge in [-0.05, 0) is 93.5 Å². The molecule has 0 amide bonds. The Morgan fingerprint density at radius 2 is 1.18 bits per heavy atom. The van der Waals surface area contributed by atoms with Crippen LogP contribution in [-0.2, 0) is 0 Å². The van der Waals surface area contributed by atoms with Gasteiger partial charge >= 0.3 is 0 Å². The number of rotatable bonds is 4. The zero-order valence-corrected chi connectivity index (χ0v) is 26.4. The van der Waals surface area contributed by atoms with E-state index in [0.717, 1.165) is 27.2 Å². The second kappa shape index (κ2) is 11.8. The maximum absolute atomic E-state index is 6.68. The van der Waals surface area contributed by atoms with Crippen molar-refractivity contribution in [1.29, 1.82) is 2.56 Å². The quantitative estimate of drug-likeness (QED) is 0.191.